The summed E-state index contributed by atoms with van der Waals surface area (Å²) in [6.45, 7) is 2.02. The van der Waals surface area contributed by atoms with Crippen LogP contribution in [0.4, 0.5) is 0 Å². The van der Waals surface area contributed by atoms with Crippen molar-refractivity contribution in [2.24, 2.45) is 5.73 Å². The summed E-state index contributed by atoms with van der Waals surface area (Å²) in [6.07, 6.45) is 2.02. The zero-order valence-electron chi connectivity index (χ0n) is 9.31. The van der Waals surface area contributed by atoms with Crippen molar-refractivity contribution >= 4 is 5.91 Å². The maximum Gasteiger partial charge on any atom is 0.218 e. The standard InChI is InChI=1S/C12H17NO3/c1-2-3-8(7-12(13)16)9-4-5-10(14)11(15)6-9/h4-6,8,14-15H,2-3,7H2,1H3,(H2,13,16). The predicted molar refractivity (Wildman–Crippen MR) is 61.2 cm³/mol. The van der Waals surface area contributed by atoms with Gasteiger partial charge in [-0.2, -0.15) is 0 Å². The molecule has 16 heavy (non-hydrogen) atoms. The first-order chi connectivity index (χ1) is 7.54. The van der Waals surface area contributed by atoms with Gasteiger partial charge in [0.05, 0.1) is 0 Å². The van der Waals surface area contributed by atoms with E-state index in [0.29, 0.717) is 0 Å². The number of hydrogen-bond donors (Lipinski definition) is 3. The second-order valence-corrected chi connectivity index (χ2v) is 3.90. The van der Waals surface area contributed by atoms with Crippen LogP contribution in [0.2, 0.25) is 0 Å². The van der Waals surface area contributed by atoms with Crippen molar-refractivity contribution in [2.75, 3.05) is 0 Å². The number of phenolic OH excluding ortho intramolecular Hbond substituents is 2. The fourth-order valence-electron chi connectivity index (χ4n) is 1.77. The molecular weight excluding hydrogens is 206 g/mol. The summed E-state index contributed by atoms with van der Waals surface area (Å²) in [7, 11) is 0. The Bertz CT molecular complexity index is 377. The van der Waals surface area contributed by atoms with E-state index in [-0.39, 0.29) is 29.7 Å². The van der Waals surface area contributed by atoms with Gasteiger partial charge in [-0.1, -0.05) is 19.4 Å². The topological polar surface area (TPSA) is 83.6 Å². The van der Waals surface area contributed by atoms with Crippen LogP contribution in [-0.4, -0.2) is 16.1 Å². The van der Waals surface area contributed by atoms with Crippen molar-refractivity contribution in [3.8, 4) is 11.5 Å². The van der Waals surface area contributed by atoms with E-state index in [0.717, 1.165) is 18.4 Å². The van der Waals surface area contributed by atoms with Crippen LogP contribution in [0.5, 0.6) is 11.5 Å². The van der Waals surface area contributed by atoms with Crippen LogP contribution in [0.25, 0.3) is 0 Å². The van der Waals surface area contributed by atoms with Crippen molar-refractivity contribution in [1.29, 1.82) is 0 Å². The average molecular weight is 223 g/mol. The number of hydrogen-bond acceptors (Lipinski definition) is 3. The first kappa shape index (κ1) is 12.4. The number of benzene rings is 1. The Hall–Kier alpha value is -1.71. The molecule has 1 rings (SSSR count). The van der Waals surface area contributed by atoms with Crippen molar-refractivity contribution in [1.82, 2.24) is 0 Å². The SMILES string of the molecule is CCCC(CC(N)=O)c1ccc(O)c(O)c1. The van der Waals surface area contributed by atoms with Gasteiger partial charge in [-0.15, -0.1) is 0 Å². The Kier molecular flexibility index (Phi) is 4.17. The highest BCUT2D eigenvalue weighted by Gasteiger charge is 2.15. The van der Waals surface area contributed by atoms with Crippen LogP contribution in [-0.2, 0) is 4.79 Å². The number of nitrogens with two attached hydrogens (primary N) is 1. The number of rotatable bonds is 5. The van der Waals surface area contributed by atoms with Crippen molar-refractivity contribution in [3.63, 3.8) is 0 Å². The Balaban J connectivity index is 2.91. The highest BCUT2D eigenvalue weighted by Crippen LogP contribution is 2.32. The minimum Gasteiger partial charge on any atom is -0.504 e. The van der Waals surface area contributed by atoms with Crippen LogP contribution in [0.1, 0.15) is 37.7 Å². The summed E-state index contributed by atoms with van der Waals surface area (Å²) in [5.74, 6) is -0.666. The molecule has 0 aliphatic heterocycles. The zero-order chi connectivity index (χ0) is 12.1. The minimum atomic E-state index is -0.356. The van der Waals surface area contributed by atoms with Crippen LogP contribution in [0.3, 0.4) is 0 Å². The molecule has 88 valence electrons. The third-order valence-corrected chi connectivity index (χ3v) is 2.56. The van der Waals surface area contributed by atoms with E-state index in [1.54, 1.807) is 6.07 Å². The summed E-state index contributed by atoms with van der Waals surface area (Å²) < 4.78 is 0. The predicted octanol–water partition coefficient (Wildman–Crippen LogP) is 1.86. The molecule has 1 unspecified atom stereocenters. The van der Waals surface area contributed by atoms with E-state index in [1.807, 2.05) is 6.92 Å². The number of carbonyl (C=O) groups excluding carboxylic acids is 1. The van der Waals surface area contributed by atoms with Crippen LogP contribution in [0.15, 0.2) is 18.2 Å². The lowest BCUT2D eigenvalue weighted by Crippen LogP contribution is -2.15. The smallest absolute Gasteiger partial charge is 0.218 e. The molecule has 0 aromatic heterocycles. The van der Waals surface area contributed by atoms with Crippen molar-refractivity contribution in [3.05, 3.63) is 23.8 Å². The summed E-state index contributed by atoms with van der Waals surface area (Å²) in [5.41, 5.74) is 6.01. The molecule has 1 aromatic carbocycles. The van der Waals surface area contributed by atoms with Crippen LogP contribution >= 0.6 is 0 Å². The fraction of sp³-hybridized carbons (Fsp3) is 0.417. The van der Waals surface area contributed by atoms with Gasteiger partial charge in [0.15, 0.2) is 11.5 Å². The largest absolute Gasteiger partial charge is 0.504 e. The molecule has 0 saturated carbocycles. The van der Waals surface area contributed by atoms with Gasteiger partial charge in [0.1, 0.15) is 0 Å². The Morgan fingerprint density at radius 2 is 2.06 bits per heavy atom. The molecule has 0 saturated heterocycles. The maximum atomic E-state index is 10.9. The van der Waals surface area contributed by atoms with E-state index in [4.69, 9.17) is 5.73 Å². The van der Waals surface area contributed by atoms with Gasteiger partial charge in [0.25, 0.3) is 0 Å². The molecule has 4 heteroatoms. The molecule has 1 atom stereocenters. The lowest BCUT2D eigenvalue weighted by Gasteiger charge is -2.15. The lowest BCUT2D eigenvalue weighted by atomic mass is 9.91. The van der Waals surface area contributed by atoms with Gasteiger partial charge in [-0.25, -0.2) is 0 Å². The molecule has 4 nitrogen and oxygen atoms in total. The minimum absolute atomic E-state index is 0.00833. The molecule has 0 aliphatic carbocycles. The van der Waals surface area contributed by atoms with E-state index in [9.17, 15) is 15.0 Å². The Labute approximate surface area is 94.7 Å². The zero-order valence-corrected chi connectivity index (χ0v) is 9.31. The number of primary amides is 1. The Morgan fingerprint density at radius 3 is 2.56 bits per heavy atom. The summed E-state index contributed by atoms with van der Waals surface area (Å²) in [5, 5.41) is 18.6. The van der Waals surface area contributed by atoms with Gasteiger partial charge in [0.2, 0.25) is 5.91 Å². The maximum absolute atomic E-state index is 10.9. The average Bonchev–Trinajstić information content (AvgIpc) is 2.21. The molecular formula is C12H17NO3. The first-order valence-electron chi connectivity index (χ1n) is 5.34. The quantitative estimate of drug-likeness (QED) is 0.666. The number of phenols is 2. The summed E-state index contributed by atoms with van der Waals surface area (Å²) in [6, 6.07) is 4.62. The number of amides is 1. The second-order valence-electron chi connectivity index (χ2n) is 3.90. The first-order valence-corrected chi connectivity index (χ1v) is 5.34. The molecule has 4 N–H and O–H groups in total. The third kappa shape index (κ3) is 3.15. The van der Waals surface area contributed by atoms with E-state index in [2.05, 4.69) is 0 Å². The van der Waals surface area contributed by atoms with Crippen molar-refractivity contribution in [2.45, 2.75) is 32.1 Å². The number of carbonyl (C=O) groups is 1. The van der Waals surface area contributed by atoms with Crippen molar-refractivity contribution < 1.29 is 15.0 Å². The summed E-state index contributed by atoms with van der Waals surface area (Å²) in [4.78, 5) is 10.9. The van der Waals surface area contributed by atoms with Crippen LogP contribution in [0, 0.1) is 0 Å². The number of aromatic hydroxyl groups is 2. The Morgan fingerprint density at radius 1 is 1.38 bits per heavy atom. The molecule has 1 amide bonds. The third-order valence-electron chi connectivity index (χ3n) is 2.56. The molecule has 0 bridgehead atoms. The fourth-order valence-corrected chi connectivity index (χ4v) is 1.77. The molecule has 0 aliphatic rings. The highest BCUT2D eigenvalue weighted by atomic mass is 16.3. The van der Waals surface area contributed by atoms with Gasteiger partial charge in [0, 0.05) is 6.42 Å². The molecule has 0 spiro atoms. The summed E-state index contributed by atoms with van der Waals surface area (Å²) >= 11 is 0. The van der Waals surface area contributed by atoms with Gasteiger partial charge < -0.3 is 15.9 Å². The molecule has 0 radical (unpaired) electrons. The monoisotopic (exact) mass is 223 g/mol. The highest BCUT2D eigenvalue weighted by molar-refractivity contribution is 5.74. The molecule has 1 aromatic rings. The van der Waals surface area contributed by atoms with E-state index in [1.165, 1.54) is 12.1 Å². The van der Waals surface area contributed by atoms with Gasteiger partial charge in [-0.3, -0.25) is 4.79 Å². The van der Waals surface area contributed by atoms with Gasteiger partial charge >= 0.3 is 0 Å². The van der Waals surface area contributed by atoms with E-state index >= 15 is 0 Å². The molecule has 0 heterocycles. The van der Waals surface area contributed by atoms with E-state index < -0.39 is 0 Å². The molecule has 0 fully saturated rings. The second kappa shape index (κ2) is 5.39. The normalized spacial score (nSPS) is 12.3. The van der Waals surface area contributed by atoms with Gasteiger partial charge in [-0.05, 0) is 30.0 Å². The van der Waals surface area contributed by atoms with Crippen LogP contribution < -0.4 is 5.73 Å². The lowest BCUT2D eigenvalue weighted by molar-refractivity contribution is -0.118.